The van der Waals surface area contributed by atoms with Crippen LogP contribution in [0.25, 0.3) is 0 Å². The maximum absolute atomic E-state index is 2.43. The molecule has 0 saturated carbocycles. The summed E-state index contributed by atoms with van der Waals surface area (Å²) in [6.45, 7) is 12.6. The van der Waals surface area contributed by atoms with Crippen LogP contribution in [0.2, 0.25) is 0 Å². The van der Waals surface area contributed by atoms with E-state index < -0.39 is 0 Å². The second-order valence-electron chi connectivity index (χ2n) is 2.96. The van der Waals surface area contributed by atoms with E-state index in [9.17, 15) is 0 Å². The highest BCUT2D eigenvalue weighted by Gasteiger charge is 2.15. The van der Waals surface area contributed by atoms with Gasteiger partial charge in [0.2, 0.25) is 0 Å². The molecule has 0 radical (unpaired) electrons. The van der Waals surface area contributed by atoms with Gasteiger partial charge in [-0.05, 0) is 25.0 Å². The molecule has 1 nitrogen and oxygen atoms in total. The highest BCUT2D eigenvalue weighted by Crippen LogP contribution is 2.26. The minimum atomic E-state index is 1.14. The molecule has 0 amide bonds. The number of fused-ring (bicyclic) bond motifs is 1. The van der Waals surface area contributed by atoms with Crippen LogP contribution in [-0.4, -0.2) is 13.1 Å². The minimum Gasteiger partial charge on any atom is -0.371 e. The molecular formula is C14H25N. The first kappa shape index (κ1) is 14.0. The number of hydrogen-bond acceptors (Lipinski definition) is 1. The van der Waals surface area contributed by atoms with Gasteiger partial charge in [0.05, 0.1) is 0 Å². The molecule has 1 heteroatoms. The lowest BCUT2D eigenvalue weighted by Crippen LogP contribution is -2.18. The monoisotopic (exact) mass is 207 g/mol. The van der Waals surface area contributed by atoms with Crippen molar-refractivity contribution in [3.63, 3.8) is 0 Å². The van der Waals surface area contributed by atoms with Gasteiger partial charge in [0.25, 0.3) is 0 Å². The summed E-state index contributed by atoms with van der Waals surface area (Å²) in [6.07, 6.45) is 1.23. The van der Waals surface area contributed by atoms with Gasteiger partial charge in [-0.3, -0.25) is 0 Å². The van der Waals surface area contributed by atoms with Crippen LogP contribution >= 0.6 is 0 Å². The third kappa shape index (κ3) is 3.58. The molecule has 2 rings (SSSR count). The molecular weight excluding hydrogens is 182 g/mol. The standard InChI is InChI=1S/C10H13N.2C2H6/c1-2-11-8-7-9-5-3-4-6-10(9)11;2*1-2/h3-6H,2,7-8H2,1H3;2*1-2H3. The molecule has 0 spiro atoms. The van der Waals surface area contributed by atoms with Gasteiger partial charge in [0, 0.05) is 18.8 Å². The van der Waals surface area contributed by atoms with E-state index in [-0.39, 0.29) is 0 Å². The van der Waals surface area contributed by atoms with Gasteiger partial charge < -0.3 is 4.90 Å². The molecule has 0 aromatic heterocycles. The van der Waals surface area contributed by atoms with E-state index in [0.717, 1.165) is 6.54 Å². The molecule has 1 aliphatic heterocycles. The summed E-state index contributed by atoms with van der Waals surface area (Å²) in [6, 6.07) is 8.68. The fourth-order valence-electron chi connectivity index (χ4n) is 1.74. The second kappa shape index (κ2) is 8.34. The molecule has 0 bridgehead atoms. The lowest BCUT2D eigenvalue weighted by Gasteiger charge is -2.15. The number of rotatable bonds is 1. The van der Waals surface area contributed by atoms with Crippen LogP contribution in [0.1, 0.15) is 40.2 Å². The smallest absolute Gasteiger partial charge is 0.0399 e. The zero-order valence-corrected chi connectivity index (χ0v) is 10.9. The average molecular weight is 207 g/mol. The van der Waals surface area contributed by atoms with Gasteiger partial charge in [-0.25, -0.2) is 0 Å². The highest BCUT2D eigenvalue weighted by molar-refractivity contribution is 5.57. The van der Waals surface area contributed by atoms with Crippen molar-refractivity contribution in [3.05, 3.63) is 29.8 Å². The van der Waals surface area contributed by atoms with Crippen LogP contribution < -0.4 is 4.90 Å². The topological polar surface area (TPSA) is 3.24 Å². The first-order valence-electron chi connectivity index (χ1n) is 6.24. The number of likely N-dealkylation sites (N-methyl/N-ethyl adjacent to an activating group) is 1. The van der Waals surface area contributed by atoms with Crippen molar-refractivity contribution < 1.29 is 0 Å². The van der Waals surface area contributed by atoms with Gasteiger partial charge in [0.15, 0.2) is 0 Å². The maximum Gasteiger partial charge on any atom is 0.0399 e. The summed E-state index contributed by atoms with van der Waals surface area (Å²) in [5, 5.41) is 0. The second-order valence-corrected chi connectivity index (χ2v) is 2.96. The van der Waals surface area contributed by atoms with Gasteiger partial charge in [0.1, 0.15) is 0 Å². The van der Waals surface area contributed by atoms with E-state index in [4.69, 9.17) is 0 Å². The van der Waals surface area contributed by atoms with Crippen molar-refractivity contribution in [2.45, 2.75) is 41.0 Å². The van der Waals surface area contributed by atoms with Crippen molar-refractivity contribution in [2.75, 3.05) is 18.0 Å². The van der Waals surface area contributed by atoms with E-state index in [2.05, 4.69) is 36.1 Å². The summed E-state index contributed by atoms with van der Waals surface area (Å²) in [4.78, 5) is 2.43. The average Bonchev–Trinajstić information content (AvgIpc) is 2.77. The highest BCUT2D eigenvalue weighted by atomic mass is 15.1. The Labute approximate surface area is 95.1 Å². The normalized spacial score (nSPS) is 11.9. The van der Waals surface area contributed by atoms with E-state index in [1.54, 1.807) is 0 Å². The van der Waals surface area contributed by atoms with Crippen LogP contribution in [0.5, 0.6) is 0 Å². The van der Waals surface area contributed by atoms with Gasteiger partial charge in [-0.15, -0.1) is 0 Å². The van der Waals surface area contributed by atoms with Crippen LogP contribution in [0.15, 0.2) is 24.3 Å². The Morgan fingerprint density at radius 2 is 1.67 bits per heavy atom. The fraction of sp³-hybridized carbons (Fsp3) is 0.571. The van der Waals surface area contributed by atoms with E-state index >= 15 is 0 Å². The number of benzene rings is 1. The number of anilines is 1. The number of hydrogen-bond donors (Lipinski definition) is 0. The van der Waals surface area contributed by atoms with Crippen LogP contribution in [0.4, 0.5) is 5.69 Å². The van der Waals surface area contributed by atoms with Crippen molar-refractivity contribution in [3.8, 4) is 0 Å². The van der Waals surface area contributed by atoms with Crippen molar-refractivity contribution in [1.29, 1.82) is 0 Å². The van der Waals surface area contributed by atoms with Crippen LogP contribution in [-0.2, 0) is 6.42 Å². The molecule has 1 aliphatic rings. The Morgan fingerprint density at radius 1 is 1.07 bits per heavy atom. The van der Waals surface area contributed by atoms with Gasteiger partial charge in [-0.1, -0.05) is 45.9 Å². The summed E-state index contributed by atoms with van der Waals surface area (Å²) < 4.78 is 0. The Bertz CT molecular complexity index is 255. The van der Waals surface area contributed by atoms with Crippen molar-refractivity contribution in [2.24, 2.45) is 0 Å². The SMILES string of the molecule is CC.CC.CCN1CCc2ccccc21. The van der Waals surface area contributed by atoms with Crippen molar-refractivity contribution >= 4 is 5.69 Å². The molecule has 0 N–H and O–H groups in total. The van der Waals surface area contributed by atoms with Gasteiger partial charge >= 0.3 is 0 Å². The summed E-state index contributed by atoms with van der Waals surface area (Å²) >= 11 is 0. The minimum absolute atomic E-state index is 1.14. The molecule has 0 saturated heterocycles. The summed E-state index contributed by atoms with van der Waals surface area (Å²) in [5.74, 6) is 0. The largest absolute Gasteiger partial charge is 0.371 e. The lowest BCUT2D eigenvalue weighted by molar-refractivity contribution is 0.868. The lowest BCUT2D eigenvalue weighted by atomic mass is 10.2. The first-order valence-corrected chi connectivity index (χ1v) is 6.24. The zero-order valence-electron chi connectivity index (χ0n) is 10.9. The molecule has 1 aromatic carbocycles. The third-order valence-electron chi connectivity index (χ3n) is 2.37. The Balaban J connectivity index is 0.000000442. The quantitative estimate of drug-likeness (QED) is 0.669. The zero-order chi connectivity index (χ0) is 11.7. The van der Waals surface area contributed by atoms with Crippen LogP contribution in [0.3, 0.4) is 0 Å². The molecule has 15 heavy (non-hydrogen) atoms. The third-order valence-corrected chi connectivity index (χ3v) is 2.37. The number of nitrogens with zero attached hydrogens (tertiary/aromatic N) is 1. The molecule has 86 valence electrons. The Hall–Kier alpha value is -0.980. The predicted octanol–water partition coefficient (Wildman–Crippen LogP) is 4.12. The number of para-hydroxylation sites is 1. The van der Waals surface area contributed by atoms with E-state index in [1.165, 1.54) is 24.2 Å². The van der Waals surface area contributed by atoms with Crippen LogP contribution in [0, 0.1) is 0 Å². The maximum atomic E-state index is 2.43. The van der Waals surface area contributed by atoms with Crippen molar-refractivity contribution in [1.82, 2.24) is 0 Å². The molecule has 0 aliphatic carbocycles. The Morgan fingerprint density at radius 3 is 2.27 bits per heavy atom. The first-order chi connectivity index (χ1) is 7.42. The fourth-order valence-corrected chi connectivity index (χ4v) is 1.74. The summed E-state index contributed by atoms with van der Waals surface area (Å²) in [7, 11) is 0. The van der Waals surface area contributed by atoms with Gasteiger partial charge in [-0.2, -0.15) is 0 Å². The Kier molecular flexibility index (Phi) is 7.79. The molecule has 0 unspecified atom stereocenters. The molecule has 1 heterocycles. The summed E-state index contributed by atoms with van der Waals surface area (Å²) in [5.41, 5.74) is 2.95. The van der Waals surface area contributed by atoms with E-state index in [0.29, 0.717) is 0 Å². The predicted molar refractivity (Wildman–Crippen MR) is 70.7 cm³/mol. The van der Waals surface area contributed by atoms with E-state index in [1.807, 2.05) is 27.7 Å². The molecule has 1 aromatic rings. The molecule has 0 fully saturated rings. The molecule has 0 atom stereocenters.